The van der Waals surface area contributed by atoms with Crippen molar-refractivity contribution in [3.8, 4) is 11.5 Å². The van der Waals surface area contributed by atoms with E-state index in [1.807, 2.05) is 0 Å². The lowest BCUT2D eigenvalue weighted by Gasteiger charge is -2.02. The molecule has 0 bridgehead atoms. The topological polar surface area (TPSA) is 52.8 Å². The van der Waals surface area contributed by atoms with E-state index in [0.717, 1.165) is 0 Å². The van der Waals surface area contributed by atoms with Crippen molar-refractivity contribution in [3.63, 3.8) is 0 Å². The molecule has 2 aromatic rings. The predicted molar refractivity (Wildman–Crippen MR) is 73.5 cm³/mol. The lowest BCUT2D eigenvalue weighted by Crippen LogP contribution is -1.84. The third-order valence-corrected chi connectivity index (χ3v) is 2.79. The first-order chi connectivity index (χ1) is 8.58. The van der Waals surface area contributed by atoms with Crippen LogP contribution in [0.25, 0.3) is 0 Å². The van der Waals surface area contributed by atoms with Crippen molar-refractivity contribution in [3.05, 3.63) is 52.0 Å². The number of nitrogens with zero attached hydrogens (tertiary/aromatic N) is 1. The summed E-state index contributed by atoms with van der Waals surface area (Å²) in [6.45, 7) is 0. The quantitative estimate of drug-likeness (QED) is 0.813. The molecule has 0 saturated carbocycles. The minimum atomic E-state index is -0.0970. The van der Waals surface area contributed by atoms with Crippen LogP contribution >= 0.6 is 23.2 Å². The van der Waals surface area contributed by atoms with E-state index in [2.05, 4.69) is 4.99 Å². The Morgan fingerprint density at radius 1 is 1.06 bits per heavy atom. The molecule has 0 saturated heterocycles. The minimum absolute atomic E-state index is 0.0568. The summed E-state index contributed by atoms with van der Waals surface area (Å²) in [4.78, 5) is 4.07. The van der Waals surface area contributed by atoms with E-state index in [1.165, 1.54) is 24.4 Å². The SMILES string of the molecule is Oc1ccccc1N=Cc1cc(Cl)cc(Cl)c1O. The number of rotatable bonds is 2. The maximum Gasteiger partial charge on any atom is 0.143 e. The summed E-state index contributed by atoms with van der Waals surface area (Å²) in [6.07, 6.45) is 1.39. The van der Waals surface area contributed by atoms with Crippen LogP contribution in [0.2, 0.25) is 10.0 Å². The summed E-state index contributed by atoms with van der Waals surface area (Å²) < 4.78 is 0. The van der Waals surface area contributed by atoms with Gasteiger partial charge in [0, 0.05) is 16.8 Å². The molecule has 0 aliphatic rings. The maximum absolute atomic E-state index is 9.72. The van der Waals surface area contributed by atoms with Crippen LogP contribution in [0.15, 0.2) is 41.4 Å². The molecule has 2 aromatic carbocycles. The number of phenols is 2. The van der Waals surface area contributed by atoms with Crippen LogP contribution in [0.1, 0.15) is 5.56 Å². The summed E-state index contributed by atoms with van der Waals surface area (Å²) in [6, 6.07) is 9.59. The Morgan fingerprint density at radius 2 is 1.78 bits per heavy atom. The molecule has 0 atom stereocenters. The van der Waals surface area contributed by atoms with Gasteiger partial charge in [-0.1, -0.05) is 35.3 Å². The molecule has 2 rings (SSSR count). The Bertz CT molecular complexity index is 612. The first-order valence-corrected chi connectivity index (χ1v) is 5.83. The largest absolute Gasteiger partial charge is 0.506 e. The van der Waals surface area contributed by atoms with Gasteiger partial charge in [0.2, 0.25) is 0 Å². The summed E-state index contributed by atoms with van der Waals surface area (Å²) in [5.74, 6) is -0.0402. The van der Waals surface area contributed by atoms with Gasteiger partial charge in [0.05, 0.1) is 5.02 Å². The highest BCUT2D eigenvalue weighted by atomic mass is 35.5. The fourth-order valence-electron chi connectivity index (χ4n) is 1.40. The van der Waals surface area contributed by atoms with Gasteiger partial charge in [-0.25, -0.2) is 0 Å². The van der Waals surface area contributed by atoms with Crippen LogP contribution in [-0.2, 0) is 0 Å². The number of halogens is 2. The number of hydrogen-bond donors (Lipinski definition) is 2. The summed E-state index contributed by atoms with van der Waals surface area (Å²) >= 11 is 11.6. The van der Waals surface area contributed by atoms with Gasteiger partial charge in [-0.15, -0.1) is 0 Å². The number of phenolic OH excluding ortho intramolecular Hbond substituents is 2. The number of hydrogen-bond acceptors (Lipinski definition) is 3. The standard InChI is InChI=1S/C13H9Cl2NO2/c14-9-5-8(13(18)10(15)6-9)7-16-11-3-1-2-4-12(11)17/h1-7,17-18H. The zero-order valence-corrected chi connectivity index (χ0v) is 10.7. The molecule has 0 fully saturated rings. The first-order valence-electron chi connectivity index (χ1n) is 5.08. The van der Waals surface area contributed by atoms with Crippen LogP contribution in [0.4, 0.5) is 5.69 Å². The maximum atomic E-state index is 9.72. The van der Waals surface area contributed by atoms with E-state index in [9.17, 15) is 10.2 Å². The smallest absolute Gasteiger partial charge is 0.143 e. The molecular formula is C13H9Cl2NO2. The van der Waals surface area contributed by atoms with Gasteiger partial charge in [0.1, 0.15) is 17.2 Å². The molecule has 0 aliphatic heterocycles. The summed E-state index contributed by atoms with van der Waals surface area (Å²) in [7, 11) is 0. The molecule has 0 aromatic heterocycles. The normalized spacial score (nSPS) is 11.0. The van der Waals surface area contributed by atoms with Crippen molar-refractivity contribution in [1.82, 2.24) is 0 Å². The van der Waals surface area contributed by atoms with E-state index in [4.69, 9.17) is 23.2 Å². The van der Waals surface area contributed by atoms with Crippen molar-refractivity contribution in [2.24, 2.45) is 4.99 Å². The zero-order chi connectivity index (χ0) is 13.1. The van der Waals surface area contributed by atoms with E-state index >= 15 is 0 Å². The second-order valence-corrected chi connectivity index (χ2v) is 4.42. The van der Waals surface area contributed by atoms with Crippen molar-refractivity contribution < 1.29 is 10.2 Å². The second kappa shape index (κ2) is 5.29. The Kier molecular flexibility index (Phi) is 3.75. The lowest BCUT2D eigenvalue weighted by atomic mass is 10.2. The molecule has 2 N–H and O–H groups in total. The molecule has 0 aliphatic carbocycles. The Morgan fingerprint density at radius 3 is 2.50 bits per heavy atom. The highest BCUT2D eigenvalue weighted by Gasteiger charge is 2.06. The predicted octanol–water partition coefficient (Wildman–Crippen LogP) is 4.16. The van der Waals surface area contributed by atoms with E-state index in [-0.39, 0.29) is 16.5 Å². The van der Waals surface area contributed by atoms with Crippen LogP contribution in [0, 0.1) is 0 Å². The monoisotopic (exact) mass is 281 g/mol. The third kappa shape index (κ3) is 2.75. The highest BCUT2D eigenvalue weighted by molar-refractivity contribution is 6.36. The van der Waals surface area contributed by atoms with Crippen molar-refractivity contribution in [1.29, 1.82) is 0 Å². The average Bonchev–Trinajstić information content (AvgIpc) is 2.33. The molecule has 0 heterocycles. The van der Waals surface area contributed by atoms with E-state index in [1.54, 1.807) is 18.2 Å². The lowest BCUT2D eigenvalue weighted by molar-refractivity contribution is 0.474. The minimum Gasteiger partial charge on any atom is -0.506 e. The Labute approximate surface area is 114 Å². The van der Waals surface area contributed by atoms with E-state index in [0.29, 0.717) is 16.3 Å². The zero-order valence-electron chi connectivity index (χ0n) is 9.14. The summed E-state index contributed by atoms with van der Waals surface area (Å²) in [5, 5.41) is 19.8. The number of benzene rings is 2. The molecular weight excluding hydrogens is 273 g/mol. The summed E-state index contributed by atoms with van der Waals surface area (Å²) in [5.41, 5.74) is 0.781. The number of para-hydroxylation sites is 2. The van der Waals surface area contributed by atoms with Gasteiger partial charge < -0.3 is 10.2 Å². The second-order valence-electron chi connectivity index (χ2n) is 3.57. The molecule has 0 radical (unpaired) electrons. The highest BCUT2D eigenvalue weighted by Crippen LogP contribution is 2.31. The third-order valence-electron chi connectivity index (χ3n) is 2.28. The van der Waals surface area contributed by atoms with Gasteiger partial charge in [0.15, 0.2) is 0 Å². The van der Waals surface area contributed by atoms with Crippen LogP contribution in [-0.4, -0.2) is 16.4 Å². The van der Waals surface area contributed by atoms with E-state index < -0.39 is 0 Å². The van der Waals surface area contributed by atoms with Gasteiger partial charge in [-0.2, -0.15) is 0 Å². The van der Waals surface area contributed by atoms with Gasteiger partial charge >= 0.3 is 0 Å². The first kappa shape index (κ1) is 12.7. The molecule has 92 valence electrons. The molecule has 3 nitrogen and oxygen atoms in total. The molecule has 0 amide bonds. The fourth-order valence-corrected chi connectivity index (χ4v) is 1.91. The molecule has 5 heteroatoms. The van der Waals surface area contributed by atoms with Crippen LogP contribution in [0.3, 0.4) is 0 Å². The van der Waals surface area contributed by atoms with Crippen molar-refractivity contribution in [2.75, 3.05) is 0 Å². The van der Waals surface area contributed by atoms with Crippen LogP contribution < -0.4 is 0 Å². The Balaban J connectivity index is 2.38. The van der Waals surface area contributed by atoms with Crippen molar-refractivity contribution >= 4 is 35.1 Å². The molecule has 18 heavy (non-hydrogen) atoms. The van der Waals surface area contributed by atoms with Gasteiger partial charge in [0.25, 0.3) is 0 Å². The van der Waals surface area contributed by atoms with Crippen LogP contribution in [0.5, 0.6) is 11.5 Å². The fraction of sp³-hybridized carbons (Fsp3) is 0. The van der Waals surface area contributed by atoms with Gasteiger partial charge in [-0.05, 0) is 24.3 Å². The van der Waals surface area contributed by atoms with Gasteiger partial charge in [-0.3, -0.25) is 4.99 Å². The molecule has 0 spiro atoms. The number of aliphatic imine (C=N–C) groups is 1. The Hall–Kier alpha value is -1.71. The average molecular weight is 282 g/mol. The molecule has 0 unspecified atom stereocenters. The van der Waals surface area contributed by atoms with Crippen molar-refractivity contribution in [2.45, 2.75) is 0 Å². The number of aromatic hydroxyl groups is 2.